The van der Waals surface area contributed by atoms with Crippen molar-refractivity contribution in [2.24, 2.45) is 5.92 Å². The van der Waals surface area contributed by atoms with E-state index in [-0.39, 0.29) is 11.8 Å². The Bertz CT molecular complexity index is 1210. The number of thioether (sulfide) groups is 1. The number of carbonyl (C=O) groups is 1. The molecule has 0 aliphatic carbocycles. The minimum atomic E-state index is -3.51. The summed E-state index contributed by atoms with van der Waals surface area (Å²) >= 11 is 1.71. The third-order valence-corrected chi connectivity index (χ3v) is 8.31. The summed E-state index contributed by atoms with van der Waals surface area (Å²) in [5.74, 6) is 0.568. The van der Waals surface area contributed by atoms with Gasteiger partial charge in [-0.25, -0.2) is 8.42 Å². The smallest absolute Gasteiger partial charge is 0.236 e. The molecule has 8 heteroatoms. The first kappa shape index (κ1) is 24.2. The van der Waals surface area contributed by atoms with Crippen molar-refractivity contribution in [3.63, 3.8) is 0 Å². The van der Waals surface area contributed by atoms with E-state index in [0.717, 1.165) is 27.5 Å². The van der Waals surface area contributed by atoms with Crippen molar-refractivity contribution >= 4 is 39.5 Å². The molecule has 2 aromatic carbocycles. The SMILES string of the molecule is O=C(Nc1ccc(SCc2cccnc2)cc1)C1CCN(S(=O)(=O)/C=C/c2ccccc2)CC1. The molecule has 1 aliphatic heterocycles. The van der Waals surface area contributed by atoms with Crippen LogP contribution in [0.25, 0.3) is 6.08 Å². The van der Waals surface area contributed by atoms with Gasteiger partial charge in [-0.1, -0.05) is 36.4 Å². The number of sulfonamides is 1. The Balaban J connectivity index is 1.25. The maximum absolute atomic E-state index is 12.7. The molecular formula is C26H27N3O3S2. The Kier molecular flexibility index (Phi) is 8.16. The number of nitrogens with one attached hydrogen (secondary N) is 1. The molecule has 0 radical (unpaired) electrons. The molecule has 1 aliphatic rings. The number of rotatable bonds is 8. The number of nitrogens with zero attached hydrogens (tertiary/aromatic N) is 2. The predicted octanol–water partition coefficient (Wildman–Crippen LogP) is 5.03. The van der Waals surface area contributed by atoms with Crippen molar-refractivity contribution in [2.75, 3.05) is 18.4 Å². The first-order chi connectivity index (χ1) is 16.5. The zero-order valence-electron chi connectivity index (χ0n) is 18.7. The second-order valence-electron chi connectivity index (χ2n) is 8.10. The minimum Gasteiger partial charge on any atom is -0.326 e. The molecule has 1 saturated heterocycles. The van der Waals surface area contributed by atoms with E-state index in [0.29, 0.717) is 25.9 Å². The molecule has 4 rings (SSSR count). The van der Waals surface area contributed by atoms with Crippen LogP contribution in [0.4, 0.5) is 5.69 Å². The van der Waals surface area contributed by atoms with Gasteiger partial charge in [0.1, 0.15) is 0 Å². The fourth-order valence-corrected chi connectivity index (χ4v) is 5.77. The summed E-state index contributed by atoms with van der Waals surface area (Å²) in [6.07, 6.45) is 6.23. The van der Waals surface area contributed by atoms with Crippen molar-refractivity contribution < 1.29 is 13.2 Å². The Hall–Kier alpha value is -2.94. The number of hydrogen-bond acceptors (Lipinski definition) is 5. The van der Waals surface area contributed by atoms with E-state index in [2.05, 4.69) is 10.3 Å². The lowest BCUT2D eigenvalue weighted by molar-refractivity contribution is -0.120. The quantitative estimate of drug-likeness (QED) is 0.446. The van der Waals surface area contributed by atoms with Gasteiger partial charge in [-0.15, -0.1) is 11.8 Å². The molecule has 1 fully saturated rings. The molecule has 176 valence electrons. The van der Waals surface area contributed by atoms with E-state index in [4.69, 9.17) is 0 Å². The number of benzene rings is 2. The minimum absolute atomic E-state index is 0.0624. The van der Waals surface area contributed by atoms with Crippen LogP contribution in [0.1, 0.15) is 24.0 Å². The zero-order chi connectivity index (χ0) is 23.8. The van der Waals surface area contributed by atoms with Crippen molar-refractivity contribution in [3.05, 3.63) is 95.7 Å². The topological polar surface area (TPSA) is 79.4 Å². The van der Waals surface area contributed by atoms with Crippen LogP contribution in [-0.2, 0) is 20.6 Å². The second kappa shape index (κ2) is 11.5. The number of anilines is 1. The summed E-state index contributed by atoms with van der Waals surface area (Å²) in [5.41, 5.74) is 2.74. The first-order valence-electron chi connectivity index (χ1n) is 11.2. The van der Waals surface area contributed by atoms with Crippen LogP contribution in [0.5, 0.6) is 0 Å². The zero-order valence-corrected chi connectivity index (χ0v) is 20.3. The van der Waals surface area contributed by atoms with E-state index in [1.54, 1.807) is 24.0 Å². The summed E-state index contributed by atoms with van der Waals surface area (Å²) in [6.45, 7) is 0.674. The van der Waals surface area contributed by atoms with Crippen LogP contribution in [0, 0.1) is 5.92 Å². The molecule has 0 bridgehead atoms. The van der Waals surface area contributed by atoms with Crippen LogP contribution in [0.3, 0.4) is 0 Å². The lowest BCUT2D eigenvalue weighted by Crippen LogP contribution is -2.40. The highest BCUT2D eigenvalue weighted by molar-refractivity contribution is 7.98. The van der Waals surface area contributed by atoms with Crippen LogP contribution in [0.2, 0.25) is 0 Å². The lowest BCUT2D eigenvalue weighted by atomic mass is 9.97. The summed E-state index contributed by atoms with van der Waals surface area (Å²) < 4.78 is 26.7. The van der Waals surface area contributed by atoms with Crippen LogP contribution in [-0.4, -0.2) is 36.7 Å². The highest BCUT2D eigenvalue weighted by Crippen LogP contribution is 2.26. The molecule has 0 saturated carbocycles. The number of pyridine rings is 1. The summed E-state index contributed by atoms with van der Waals surface area (Å²) in [5, 5.41) is 4.22. The van der Waals surface area contributed by atoms with Gasteiger partial charge in [-0.2, -0.15) is 4.31 Å². The molecule has 1 amide bonds. The van der Waals surface area contributed by atoms with Gasteiger partial charge >= 0.3 is 0 Å². The van der Waals surface area contributed by atoms with E-state index in [1.807, 2.05) is 72.9 Å². The molecular weight excluding hydrogens is 466 g/mol. The number of piperidine rings is 1. The predicted molar refractivity (Wildman–Crippen MR) is 138 cm³/mol. The van der Waals surface area contributed by atoms with E-state index >= 15 is 0 Å². The van der Waals surface area contributed by atoms with Gasteiger partial charge in [-0.05, 0) is 60.4 Å². The summed E-state index contributed by atoms with van der Waals surface area (Å²) in [4.78, 5) is 18.0. The maximum atomic E-state index is 12.7. The average Bonchev–Trinajstić information content (AvgIpc) is 2.88. The lowest BCUT2D eigenvalue weighted by Gasteiger charge is -2.29. The molecule has 1 aromatic heterocycles. The normalized spacial score (nSPS) is 15.4. The molecule has 2 heterocycles. The first-order valence-corrected chi connectivity index (χ1v) is 13.6. The average molecular weight is 494 g/mol. The summed E-state index contributed by atoms with van der Waals surface area (Å²) in [7, 11) is -3.51. The number of aromatic nitrogens is 1. The van der Waals surface area contributed by atoms with Gasteiger partial charge in [-0.3, -0.25) is 9.78 Å². The van der Waals surface area contributed by atoms with Gasteiger partial charge in [0.25, 0.3) is 0 Å². The Morgan fingerprint density at radius 1 is 1.03 bits per heavy atom. The number of amides is 1. The molecule has 0 spiro atoms. The Labute approximate surface area is 205 Å². The largest absolute Gasteiger partial charge is 0.326 e. The monoisotopic (exact) mass is 493 g/mol. The Morgan fingerprint density at radius 2 is 1.76 bits per heavy atom. The third-order valence-electron chi connectivity index (χ3n) is 5.67. The second-order valence-corrected chi connectivity index (χ2v) is 11.0. The van der Waals surface area contributed by atoms with E-state index < -0.39 is 10.0 Å². The van der Waals surface area contributed by atoms with Gasteiger partial charge in [0.2, 0.25) is 15.9 Å². The van der Waals surface area contributed by atoms with E-state index in [1.165, 1.54) is 9.71 Å². The van der Waals surface area contributed by atoms with Crippen molar-refractivity contribution in [2.45, 2.75) is 23.5 Å². The van der Waals surface area contributed by atoms with Crippen molar-refractivity contribution in [1.82, 2.24) is 9.29 Å². The maximum Gasteiger partial charge on any atom is 0.236 e. The van der Waals surface area contributed by atoms with Gasteiger partial charge in [0.05, 0.1) is 0 Å². The molecule has 6 nitrogen and oxygen atoms in total. The highest BCUT2D eigenvalue weighted by Gasteiger charge is 2.30. The van der Waals surface area contributed by atoms with Crippen LogP contribution in [0.15, 0.2) is 89.4 Å². The fraction of sp³-hybridized carbons (Fsp3) is 0.231. The molecule has 0 unspecified atom stereocenters. The third kappa shape index (κ3) is 6.79. The number of hydrogen-bond donors (Lipinski definition) is 1. The molecule has 3 aromatic rings. The van der Waals surface area contributed by atoms with Crippen molar-refractivity contribution in [3.8, 4) is 0 Å². The standard InChI is InChI=1S/C26H27N3O3S2/c30-26(28-24-8-10-25(11-9-24)33-20-22-7-4-15-27-19-22)23-12-16-29(17-13-23)34(31,32)18-14-21-5-2-1-3-6-21/h1-11,14-15,18-19,23H,12-13,16-17,20H2,(H,28,30)/b18-14+. The molecule has 0 atom stereocenters. The van der Waals surface area contributed by atoms with Gasteiger partial charge in [0.15, 0.2) is 0 Å². The molecule has 1 N–H and O–H groups in total. The number of carbonyl (C=O) groups excluding carboxylic acids is 1. The van der Waals surface area contributed by atoms with Gasteiger partial charge < -0.3 is 5.32 Å². The summed E-state index contributed by atoms with van der Waals surface area (Å²) in [6, 6.07) is 21.1. The van der Waals surface area contributed by atoms with E-state index in [9.17, 15) is 13.2 Å². The van der Waals surface area contributed by atoms with Gasteiger partial charge in [0, 0.05) is 53.1 Å². The Morgan fingerprint density at radius 3 is 2.44 bits per heavy atom. The van der Waals surface area contributed by atoms with Crippen molar-refractivity contribution in [1.29, 1.82) is 0 Å². The fourth-order valence-electron chi connectivity index (χ4n) is 3.72. The molecule has 34 heavy (non-hydrogen) atoms. The van der Waals surface area contributed by atoms with Crippen LogP contribution < -0.4 is 5.32 Å². The highest BCUT2D eigenvalue weighted by atomic mass is 32.2. The van der Waals surface area contributed by atoms with Crippen LogP contribution >= 0.6 is 11.8 Å².